The van der Waals surface area contributed by atoms with E-state index >= 15 is 0 Å². The summed E-state index contributed by atoms with van der Waals surface area (Å²) in [5.74, 6) is 2.79. The number of unbranched alkanes of at least 4 members (excludes halogenated alkanes) is 5. The average molecular weight is 203 g/mol. The molecule has 0 aliphatic heterocycles. The molecule has 0 bridgehead atoms. The van der Waals surface area contributed by atoms with Crippen LogP contribution in [0.3, 0.4) is 0 Å². The molecule has 0 aromatic carbocycles. The molecule has 1 rings (SSSR count). The van der Waals surface area contributed by atoms with Gasteiger partial charge in [-0.05, 0) is 18.3 Å². The Balaban J connectivity index is 1.75. The first-order valence-electron chi connectivity index (χ1n) is 5.94. The zero-order chi connectivity index (χ0) is 9.52. The number of halogens is 1. The second-order valence-electron chi connectivity index (χ2n) is 4.47. The van der Waals surface area contributed by atoms with E-state index in [0.29, 0.717) is 0 Å². The molecule has 0 aromatic heterocycles. The molecular formula is C12H23Cl. The molecule has 1 fully saturated rings. The van der Waals surface area contributed by atoms with Gasteiger partial charge < -0.3 is 0 Å². The Morgan fingerprint density at radius 2 is 1.69 bits per heavy atom. The molecule has 0 amide bonds. The van der Waals surface area contributed by atoms with E-state index in [2.05, 4.69) is 6.92 Å². The molecule has 0 spiro atoms. The number of rotatable bonds is 8. The van der Waals surface area contributed by atoms with Gasteiger partial charge in [0.25, 0.3) is 0 Å². The van der Waals surface area contributed by atoms with Gasteiger partial charge in [-0.15, -0.1) is 11.6 Å². The quantitative estimate of drug-likeness (QED) is 0.398. The third kappa shape index (κ3) is 4.90. The summed E-state index contributed by atoms with van der Waals surface area (Å²) in [5.41, 5.74) is 0. The maximum atomic E-state index is 5.77. The number of hydrogen-bond acceptors (Lipinski definition) is 0. The molecule has 78 valence electrons. The lowest BCUT2D eigenvalue weighted by molar-refractivity contribution is 0.556. The Morgan fingerprint density at radius 3 is 2.31 bits per heavy atom. The summed E-state index contributed by atoms with van der Waals surface area (Å²) in [6.07, 6.45) is 11.4. The van der Waals surface area contributed by atoms with Crippen molar-refractivity contribution in [2.45, 2.75) is 58.3 Å². The number of hydrogen-bond donors (Lipinski definition) is 0. The van der Waals surface area contributed by atoms with Crippen LogP contribution in [0, 0.1) is 11.8 Å². The summed E-state index contributed by atoms with van der Waals surface area (Å²) in [6, 6.07) is 0. The van der Waals surface area contributed by atoms with Gasteiger partial charge in [-0.3, -0.25) is 0 Å². The van der Waals surface area contributed by atoms with E-state index in [9.17, 15) is 0 Å². The summed E-state index contributed by atoms with van der Waals surface area (Å²) in [5, 5.41) is 0. The normalized spacial score (nSPS) is 26.3. The van der Waals surface area contributed by atoms with Crippen LogP contribution in [0.25, 0.3) is 0 Å². The highest BCUT2D eigenvalue weighted by atomic mass is 35.5. The highest BCUT2D eigenvalue weighted by Gasteiger charge is 2.34. The van der Waals surface area contributed by atoms with Crippen molar-refractivity contribution in [3.8, 4) is 0 Å². The molecule has 2 atom stereocenters. The van der Waals surface area contributed by atoms with E-state index in [1.165, 1.54) is 51.4 Å². The SMILES string of the molecule is CCCCCCCCC1CC1CCl. The van der Waals surface area contributed by atoms with Crippen LogP contribution in [-0.2, 0) is 0 Å². The summed E-state index contributed by atoms with van der Waals surface area (Å²) >= 11 is 5.77. The first-order valence-corrected chi connectivity index (χ1v) is 6.48. The Hall–Kier alpha value is 0.290. The van der Waals surface area contributed by atoms with Gasteiger partial charge in [-0.1, -0.05) is 51.9 Å². The summed E-state index contributed by atoms with van der Waals surface area (Å²) in [4.78, 5) is 0. The standard InChI is InChI=1S/C12H23Cl/c1-2-3-4-5-6-7-8-11-9-12(11)10-13/h11-12H,2-10H2,1H3. The van der Waals surface area contributed by atoms with E-state index in [1.54, 1.807) is 0 Å². The van der Waals surface area contributed by atoms with E-state index in [4.69, 9.17) is 11.6 Å². The minimum Gasteiger partial charge on any atom is -0.126 e. The molecule has 0 saturated heterocycles. The molecule has 0 aromatic rings. The third-order valence-corrected chi connectivity index (χ3v) is 3.59. The van der Waals surface area contributed by atoms with Crippen LogP contribution in [0.15, 0.2) is 0 Å². The fourth-order valence-corrected chi connectivity index (χ4v) is 2.42. The van der Waals surface area contributed by atoms with Crippen molar-refractivity contribution in [3.05, 3.63) is 0 Å². The summed E-state index contributed by atoms with van der Waals surface area (Å²) in [7, 11) is 0. The van der Waals surface area contributed by atoms with E-state index in [1.807, 2.05) is 0 Å². The fourth-order valence-electron chi connectivity index (χ4n) is 2.04. The summed E-state index contributed by atoms with van der Waals surface area (Å²) < 4.78 is 0. The van der Waals surface area contributed by atoms with Crippen molar-refractivity contribution in [2.24, 2.45) is 11.8 Å². The molecule has 1 heteroatoms. The monoisotopic (exact) mass is 202 g/mol. The van der Waals surface area contributed by atoms with Gasteiger partial charge in [0.2, 0.25) is 0 Å². The van der Waals surface area contributed by atoms with Crippen molar-refractivity contribution in [2.75, 3.05) is 5.88 Å². The predicted octanol–water partition coefficient (Wildman–Crippen LogP) is 4.61. The molecule has 0 heterocycles. The first kappa shape index (κ1) is 11.4. The van der Waals surface area contributed by atoms with Crippen LogP contribution in [0.5, 0.6) is 0 Å². The average Bonchev–Trinajstić information content (AvgIpc) is 2.90. The molecule has 1 aliphatic carbocycles. The Bertz CT molecular complexity index is 122. The molecule has 0 nitrogen and oxygen atoms in total. The van der Waals surface area contributed by atoms with Gasteiger partial charge in [0.05, 0.1) is 0 Å². The lowest BCUT2D eigenvalue weighted by Gasteiger charge is -1.99. The molecular weight excluding hydrogens is 180 g/mol. The highest BCUT2D eigenvalue weighted by Crippen LogP contribution is 2.42. The third-order valence-electron chi connectivity index (χ3n) is 3.20. The van der Waals surface area contributed by atoms with Crippen molar-refractivity contribution < 1.29 is 0 Å². The maximum absolute atomic E-state index is 5.77. The second-order valence-corrected chi connectivity index (χ2v) is 4.78. The Labute approximate surface area is 88.1 Å². The molecule has 13 heavy (non-hydrogen) atoms. The van der Waals surface area contributed by atoms with Gasteiger partial charge in [0, 0.05) is 5.88 Å². The minimum absolute atomic E-state index is 0.886. The zero-order valence-corrected chi connectivity index (χ0v) is 9.65. The largest absolute Gasteiger partial charge is 0.126 e. The van der Waals surface area contributed by atoms with Crippen molar-refractivity contribution >= 4 is 11.6 Å². The fraction of sp³-hybridized carbons (Fsp3) is 1.00. The smallest absolute Gasteiger partial charge is 0.0254 e. The Kier molecular flexibility index (Phi) is 5.86. The Morgan fingerprint density at radius 1 is 1.00 bits per heavy atom. The van der Waals surface area contributed by atoms with Gasteiger partial charge in [-0.2, -0.15) is 0 Å². The van der Waals surface area contributed by atoms with Crippen molar-refractivity contribution in [1.29, 1.82) is 0 Å². The maximum Gasteiger partial charge on any atom is 0.0254 e. The van der Waals surface area contributed by atoms with Crippen LogP contribution in [0.1, 0.15) is 58.3 Å². The predicted molar refractivity (Wildman–Crippen MR) is 60.3 cm³/mol. The molecule has 1 saturated carbocycles. The molecule has 0 radical (unpaired) electrons. The van der Waals surface area contributed by atoms with E-state index in [0.717, 1.165) is 17.7 Å². The van der Waals surface area contributed by atoms with Crippen molar-refractivity contribution in [1.82, 2.24) is 0 Å². The van der Waals surface area contributed by atoms with E-state index < -0.39 is 0 Å². The highest BCUT2D eigenvalue weighted by molar-refractivity contribution is 6.18. The van der Waals surface area contributed by atoms with Crippen LogP contribution < -0.4 is 0 Å². The second kappa shape index (κ2) is 6.70. The van der Waals surface area contributed by atoms with E-state index in [-0.39, 0.29) is 0 Å². The number of alkyl halides is 1. The van der Waals surface area contributed by atoms with Crippen LogP contribution >= 0.6 is 11.6 Å². The molecule has 2 unspecified atom stereocenters. The van der Waals surface area contributed by atoms with Crippen LogP contribution in [0.2, 0.25) is 0 Å². The van der Waals surface area contributed by atoms with Crippen LogP contribution in [-0.4, -0.2) is 5.88 Å². The van der Waals surface area contributed by atoms with Gasteiger partial charge in [-0.25, -0.2) is 0 Å². The van der Waals surface area contributed by atoms with Gasteiger partial charge in [0.15, 0.2) is 0 Å². The topological polar surface area (TPSA) is 0 Å². The zero-order valence-electron chi connectivity index (χ0n) is 8.90. The summed E-state index contributed by atoms with van der Waals surface area (Å²) in [6.45, 7) is 2.27. The first-order chi connectivity index (χ1) is 6.38. The minimum atomic E-state index is 0.886. The van der Waals surface area contributed by atoms with Gasteiger partial charge in [0.1, 0.15) is 0 Å². The lowest BCUT2D eigenvalue weighted by Crippen LogP contribution is -1.85. The molecule has 0 N–H and O–H groups in total. The van der Waals surface area contributed by atoms with Crippen LogP contribution in [0.4, 0.5) is 0 Å². The van der Waals surface area contributed by atoms with Crippen molar-refractivity contribution in [3.63, 3.8) is 0 Å². The molecule has 1 aliphatic rings. The lowest BCUT2D eigenvalue weighted by atomic mass is 10.1. The van der Waals surface area contributed by atoms with Gasteiger partial charge >= 0.3 is 0 Å².